The second-order valence-corrected chi connectivity index (χ2v) is 8.53. The van der Waals surface area contributed by atoms with E-state index in [-0.39, 0.29) is 0 Å². The van der Waals surface area contributed by atoms with Crippen LogP contribution in [0.25, 0.3) is 5.57 Å². The average Bonchev–Trinajstić information content (AvgIpc) is 3.24. The second-order valence-electron chi connectivity index (χ2n) is 8.00. The topological polar surface area (TPSA) is 72.4 Å². The van der Waals surface area contributed by atoms with E-state index in [1.54, 1.807) is 0 Å². The van der Waals surface area contributed by atoms with Gasteiger partial charge in [-0.2, -0.15) is 4.37 Å². The van der Waals surface area contributed by atoms with Gasteiger partial charge in [0.25, 0.3) is 5.88 Å². The van der Waals surface area contributed by atoms with Crippen LogP contribution in [0.3, 0.4) is 0 Å². The Kier molecular flexibility index (Phi) is 11.1. The first-order valence-electron chi connectivity index (χ1n) is 11.2. The van der Waals surface area contributed by atoms with Gasteiger partial charge in [0.2, 0.25) is 0 Å². The number of hydrogen-bond acceptors (Lipinski definition) is 10. The van der Waals surface area contributed by atoms with Crippen molar-refractivity contribution >= 4 is 17.3 Å². The molecule has 31 heavy (non-hydrogen) atoms. The maximum absolute atomic E-state index is 5.78. The maximum Gasteiger partial charge on any atom is 0.253 e. The molecule has 2 aliphatic rings. The molecule has 176 valence electrons. The third-order valence-electron chi connectivity index (χ3n) is 5.46. The highest BCUT2D eigenvalue weighted by Gasteiger charge is 2.18. The first-order chi connectivity index (χ1) is 15.2. The van der Waals surface area contributed by atoms with Crippen molar-refractivity contribution < 1.29 is 18.9 Å². The summed E-state index contributed by atoms with van der Waals surface area (Å²) in [7, 11) is 4.29. The summed E-state index contributed by atoms with van der Waals surface area (Å²) in [6, 6.07) is 0. The number of nitrogens with zero attached hydrogens (tertiary/aromatic N) is 5. The molecule has 0 bridgehead atoms. The summed E-state index contributed by atoms with van der Waals surface area (Å²) >= 11 is 1.19. The first kappa shape index (κ1) is 24.5. The zero-order valence-corrected chi connectivity index (χ0v) is 19.8. The zero-order valence-electron chi connectivity index (χ0n) is 19.0. The van der Waals surface area contributed by atoms with Gasteiger partial charge in [0.05, 0.1) is 51.4 Å². The molecule has 1 saturated heterocycles. The van der Waals surface area contributed by atoms with Crippen LogP contribution in [0.4, 0.5) is 0 Å². The SMILES string of the molecule is CN1CCN(CCOCCOCCOCCOc2nsnc2C2=CCCN(C)C2)CC1. The van der Waals surface area contributed by atoms with Crippen molar-refractivity contribution in [1.29, 1.82) is 0 Å². The summed E-state index contributed by atoms with van der Waals surface area (Å²) in [5, 5.41) is 0. The maximum atomic E-state index is 5.78. The minimum atomic E-state index is 0.455. The van der Waals surface area contributed by atoms with Gasteiger partial charge in [-0.3, -0.25) is 4.90 Å². The number of ether oxygens (including phenoxy) is 4. The molecule has 3 heterocycles. The van der Waals surface area contributed by atoms with Gasteiger partial charge < -0.3 is 28.7 Å². The van der Waals surface area contributed by atoms with Gasteiger partial charge in [-0.05, 0) is 26.1 Å². The fourth-order valence-corrected chi connectivity index (χ4v) is 4.07. The lowest BCUT2D eigenvalue weighted by atomic mass is 10.1. The van der Waals surface area contributed by atoms with Crippen molar-refractivity contribution in [1.82, 2.24) is 23.4 Å². The van der Waals surface area contributed by atoms with Gasteiger partial charge in [0.1, 0.15) is 12.3 Å². The van der Waals surface area contributed by atoms with Crippen molar-refractivity contribution in [2.45, 2.75) is 6.42 Å². The molecule has 3 rings (SSSR count). The molecule has 1 aromatic rings. The molecule has 0 spiro atoms. The van der Waals surface area contributed by atoms with Crippen LogP contribution >= 0.6 is 11.7 Å². The molecule has 0 aliphatic carbocycles. The van der Waals surface area contributed by atoms with Crippen molar-refractivity contribution in [2.75, 3.05) is 106 Å². The van der Waals surface area contributed by atoms with Crippen LogP contribution in [0, 0.1) is 0 Å². The summed E-state index contributed by atoms with van der Waals surface area (Å²) < 4.78 is 31.3. The normalized spacial score (nSPS) is 19.0. The van der Waals surface area contributed by atoms with Gasteiger partial charge >= 0.3 is 0 Å². The highest BCUT2D eigenvalue weighted by molar-refractivity contribution is 6.99. The molecule has 10 heteroatoms. The monoisotopic (exact) mass is 455 g/mol. The molecule has 2 aliphatic heterocycles. The van der Waals surface area contributed by atoms with Crippen molar-refractivity contribution in [3.05, 3.63) is 11.8 Å². The van der Waals surface area contributed by atoms with Crippen molar-refractivity contribution in [3.8, 4) is 5.88 Å². The molecule has 0 N–H and O–H groups in total. The quantitative estimate of drug-likeness (QED) is 0.381. The molecule has 1 fully saturated rings. The number of aromatic nitrogens is 2. The van der Waals surface area contributed by atoms with E-state index in [4.69, 9.17) is 18.9 Å². The summed E-state index contributed by atoms with van der Waals surface area (Å²) in [5.74, 6) is 0.611. The Hall–Kier alpha value is -1.14. The fraction of sp³-hybridized carbons (Fsp3) is 0.810. The number of piperazine rings is 1. The molecule has 1 aromatic heterocycles. The first-order valence-corrected chi connectivity index (χ1v) is 11.9. The number of hydrogen-bond donors (Lipinski definition) is 0. The fourth-order valence-electron chi connectivity index (χ4n) is 3.54. The molecule has 0 aromatic carbocycles. The Morgan fingerprint density at radius 1 is 0.806 bits per heavy atom. The minimum absolute atomic E-state index is 0.455. The Morgan fingerprint density at radius 3 is 2.19 bits per heavy atom. The van der Waals surface area contributed by atoms with E-state index in [9.17, 15) is 0 Å². The van der Waals surface area contributed by atoms with Crippen LogP contribution in [0.5, 0.6) is 5.88 Å². The van der Waals surface area contributed by atoms with Gasteiger partial charge in [-0.15, -0.1) is 4.37 Å². The highest BCUT2D eigenvalue weighted by Crippen LogP contribution is 2.26. The van der Waals surface area contributed by atoms with Crippen LogP contribution in [0.1, 0.15) is 12.1 Å². The van der Waals surface area contributed by atoms with Crippen molar-refractivity contribution in [2.24, 2.45) is 0 Å². The van der Waals surface area contributed by atoms with Crippen LogP contribution in [-0.4, -0.2) is 130 Å². The van der Waals surface area contributed by atoms with E-state index in [2.05, 4.69) is 43.6 Å². The third kappa shape index (κ3) is 9.09. The third-order valence-corrected chi connectivity index (χ3v) is 5.97. The summed E-state index contributed by atoms with van der Waals surface area (Å²) in [6.45, 7) is 11.6. The molecule has 0 amide bonds. The summed E-state index contributed by atoms with van der Waals surface area (Å²) in [5.41, 5.74) is 2.06. The predicted molar refractivity (Wildman–Crippen MR) is 122 cm³/mol. The molecule has 0 saturated carbocycles. The molecule has 0 atom stereocenters. The van der Waals surface area contributed by atoms with E-state index in [1.165, 1.54) is 17.3 Å². The molecule has 0 unspecified atom stereocenters. The van der Waals surface area contributed by atoms with Crippen LogP contribution < -0.4 is 4.74 Å². The lowest BCUT2D eigenvalue weighted by Gasteiger charge is -2.32. The van der Waals surface area contributed by atoms with Gasteiger partial charge in [0, 0.05) is 45.8 Å². The standard InChI is InChI=1S/C21H37N5O4S/c1-24-6-8-26(9-7-24)10-11-27-12-13-28-14-15-29-16-17-30-21-20(22-31-23-21)19-4-3-5-25(2)18-19/h4H,3,5-18H2,1-2H3. The predicted octanol–water partition coefficient (Wildman–Crippen LogP) is 0.933. The minimum Gasteiger partial charge on any atom is -0.473 e. The average molecular weight is 456 g/mol. The Labute approximate surface area is 190 Å². The van der Waals surface area contributed by atoms with Crippen molar-refractivity contribution in [3.63, 3.8) is 0 Å². The Morgan fingerprint density at radius 2 is 1.48 bits per heavy atom. The van der Waals surface area contributed by atoms with Crippen LogP contribution in [0.2, 0.25) is 0 Å². The Balaban J connectivity index is 1.13. The van der Waals surface area contributed by atoms with Crippen LogP contribution in [-0.2, 0) is 14.2 Å². The van der Waals surface area contributed by atoms with Gasteiger partial charge in [-0.1, -0.05) is 6.08 Å². The van der Waals surface area contributed by atoms with E-state index in [0.717, 1.165) is 64.5 Å². The number of rotatable bonds is 14. The molecular weight excluding hydrogens is 418 g/mol. The lowest BCUT2D eigenvalue weighted by molar-refractivity contribution is 0.00416. The largest absolute Gasteiger partial charge is 0.473 e. The molecular formula is C21H37N5O4S. The van der Waals surface area contributed by atoms with Gasteiger partial charge in [0.15, 0.2) is 0 Å². The van der Waals surface area contributed by atoms with Crippen LogP contribution in [0.15, 0.2) is 6.08 Å². The van der Waals surface area contributed by atoms with E-state index in [1.807, 2.05) is 0 Å². The highest BCUT2D eigenvalue weighted by atomic mass is 32.1. The van der Waals surface area contributed by atoms with Gasteiger partial charge in [-0.25, -0.2) is 0 Å². The second kappa shape index (κ2) is 14.1. The smallest absolute Gasteiger partial charge is 0.253 e. The Bertz CT molecular complexity index is 651. The van der Waals surface area contributed by atoms with E-state index < -0.39 is 0 Å². The number of likely N-dealkylation sites (N-methyl/N-ethyl adjacent to an activating group) is 2. The summed E-state index contributed by atoms with van der Waals surface area (Å²) in [6.07, 6.45) is 3.26. The molecule has 0 radical (unpaired) electrons. The van der Waals surface area contributed by atoms with E-state index in [0.29, 0.717) is 45.5 Å². The lowest BCUT2D eigenvalue weighted by Crippen LogP contribution is -2.45. The van der Waals surface area contributed by atoms with E-state index >= 15 is 0 Å². The molecule has 9 nitrogen and oxygen atoms in total. The zero-order chi connectivity index (χ0) is 21.7. The summed E-state index contributed by atoms with van der Waals surface area (Å²) in [4.78, 5) is 7.09.